The molecule has 11 heteroatoms. The van der Waals surface area contributed by atoms with Gasteiger partial charge in [-0.15, -0.1) is 8.78 Å². The van der Waals surface area contributed by atoms with Crippen LogP contribution in [0.3, 0.4) is 0 Å². The molecule has 0 spiro atoms. The molecule has 40 heavy (non-hydrogen) atoms. The first-order valence-corrected chi connectivity index (χ1v) is 14.1. The molecule has 6 rings (SSSR count). The second-order valence-corrected chi connectivity index (χ2v) is 10.6. The van der Waals surface area contributed by atoms with E-state index in [-0.39, 0.29) is 12.1 Å². The first-order chi connectivity index (χ1) is 19.4. The number of fused-ring (bicyclic) bond motifs is 1. The summed E-state index contributed by atoms with van der Waals surface area (Å²) in [6.45, 7) is 4.49. The van der Waals surface area contributed by atoms with Crippen LogP contribution in [0, 0.1) is 0 Å². The number of hydrogen-bond acceptors (Lipinski definition) is 9. The molecular weight excluding hydrogens is 540 g/mol. The third-order valence-electron chi connectivity index (χ3n) is 6.88. The fourth-order valence-corrected chi connectivity index (χ4v) is 5.81. The van der Waals surface area contributed by atoms with Crippen molar-refractivity contribution in [1.82, 2.24) is 10.1 Å². The van der Waals surface area contributed by atoms with E-state index in [9.17, 15) is 13.6 Å². The molecule has 0 atom stereocenters. The lowest BCUT2D eigenvalue weighted by molar-refractivity contribution is 0.0246. The summed E-state index contributed by atoms with van der Waals surface area (Å²) in [4.78, 5) is 27.3. The van der Waals surface area contributed by atoms with E-state index >= 15 is 0 Å². The third-order valence-corrected chi connectivity index (χ3v) is 7.96. The Bertz CT molecular complexity index is 1460. The Hall–Kier alpha value is -3.70. The van der Waals surface area contributed by atoms with E-state index in [2.05, 4.69) is 22.2 Å². The van der Waals surface area contributed by atoms with E-state index in [1.165, 1.54) is 0 Å². The molecule has 0 bridgehead atoms. The van der Waals surface area contributed by atoms with Gasteiger partial charge in [0, 0.05) is 30.1 Å². The smallest absolute Gasteiger partial charge is 0.462 e. The number of carbonyl (C=O) groups excluding carboxylic acids is 2. The maximum Gasteiger partial charge on any atom is 0.483 e. The largest absolute Gasteiger partial charge is 0.483 e. The second kappa shape index (κ2) is 12.6. The van der Waals surface area contributed by atoms with Crippen molar-refractivity contribution in [1.29, 1.82) is 0 Å². The van der Waals surface area contributed by atoms with Crippen LogP contribution in [-0.4, -0.2) is 48.2 Å². The average molecular weight is 570 g/mol. The van der Waals surface area contributed by atoms with Crippen LogP contribution in [-0.2, 0) is 16.1 Å². The molecule has 2 aromatic heterocycles. The summed E-state index contributed by atoms with van der Waals surface area (Å²) in [7, 11) is 0. The van der Waals surface area contributed by atoms with Gasteiger partial charge in [0.05, 0.1) is 35.1 Å². The summed E-state index contributed by atoms with van der Waals surface area (Å²) in [5.41, 5.74) is 4.57. The van der Waals surface area contributed by atoms with Crippen molar-refractivity contribution in [3.63, 3.8) is 0 Å². The molecule has 3 heterocycles. The predicted molar refractivity (Wildman–Crippen MR) is 147 cm³/mol. The Morgan fingerprint density at radius 3 is 2.48 bits per heavy atom. The van der Waals surface area contributed by atoms with Crippen molar-refractivity contribution in [2.24, 2.45) is 0 Å². The lowest BCUT2D eigenvalue weighted by Crippen LogP contribution is -2.36. The normalized spacial score (nSPS) is 15.5. The van der Waals surface area contributed by atoms with E-state index < -0.39 is 6.29 Å². The van der Waals surface area contributed by atoms with E-state index in [1.807, 2.05) is 37.3 Å². The highest BCUT2D eigenvalue weighted by Gasteiger charge is 2.33. The van der Waals surface area contributed by atoms with Crippen molar-refractivity contribution >= 4 is 38.9 Å². The summed E-state index contributed by atoms with van der Waals surface area (Å²) in [5.74, 6) is 1.20. The number of ether oxygens (including phenoxy) is 2. The number of nitrogens with zero attached hydrogens (tertiary/aromatic N) is 3. The Balaban J connectivity index is 0.000000758. The molecule has 0 amide bonds. The quantitative estimate of drug-likeness (QED) is 0.162. The van der Waals surface area contributed by atoms with E-state index in [0.717, 1.165) is 76.7 Å². The number of rotatable bonds is 8. The number of carbonyl (C=O) groups is 2. The molecule has 2 aromatic carbocycles. The molecule has 0 unspecified atom stereocenters. The molecule has 1 aliphatic carbocycles. The van der Waals surface area contributed by atoms with Gasteiger partial charge in [-0.3, -0.25) is 0 Å². The fraction of sp³-hybridized carbons (Fsp3) is 0.379. The van der Waals surface area contributed by atoms with Crippen molar-refractivity contribution in [2.45, 2.75) is 51.2 Å². The van der Waals surface area contributed by atoms with Crippen LogP contribution in [0.5, 0.6) is 0 Å². The number of anilines is 1. The van der Waals surface area contributed by atoms with Crippen LogP contribution in [0.4, 0.5) is 18.7 Å². The highest BCUT2D eigenvalue weighted by molar-refractivity contribution is 7.22. The van der Waals surface area contributed by atoms with Gasteiger partial charge in [0.25, 0.3) is 0 Å². The maximum absolute atomic E-state index is 12.1. The van der Waals surface area contributed by atoms with E-state index in [4.69, 9.17) is 23.8 Å². The zero-order chi connectivity index (χ0) is 28.1. The summed E-state index contributed by atoms with van der Waals surface area (Å²) in [6, 6.07) is 15.8. The molecule has 1 saturated carbocycles. The number of benzene rings is 2. The highest BCUT2D eigenvalue weighted by atomic mass is 32.1. The van der Waals surface area contributed by atoms with Crippen LogP contribution in [0.25, 0.3) is 21.5 Å². The standard InChI is InChI=1S/C28H29N3O4S.CF2O/c1-2-33-27(32)20-10-11-23-24(16-20)36-28(29-23)31-14-12-21(13-15-31)34-17-22-25(18-6-4-3-5-7-18)30-35-26(22)19-8-9-19;2-1(3)4/h3-7,10-11,16,19,21H,2,8-9,12-15,17H2,1H3;. The van der Waals surface area contributed by atoms with Gasteiger partial charge < -0.3 is 18.9 Å². The number of halogens is 2. The van der Waals surface area contributed by atoms with Crippen molar-refractivity contribution < 1.29 is 32.4 Å². The predicted octanol–water partition coefficient (Wildman–Crippen LogP) is 7.24. The number of hydrogen-bond donors (Lipinski definition) is 0. The minimum Gasteiger partial charge on any atom is -0.462 e. The topological polar surface area (TPSA) is 94.8 Å². The SMILES string of the molecule is CCOC(=O)c1ccc2nc(N3CCC(OCc4c(-c5ccccc5)noc4C4CC4)CC3)sc2c1.O=C(F)F. The lowest BCUT2D eigenvalue weighted by atomic mass is 10.0. The number of esters is 1. The first-order valence-electron chi connectivity index (χ1n) is 13.3. The highest BCUT2D eigenvalue weighted by Crippen LogP contribution is 2.44. The molecule has 2 fully saturated rings. The molecule has 0 radical (unpaired) electrons. The molecule has 8 nitrogen and oxygen atoms in total. The average Bonchev–Trinajstić information content (AvgIpc) is 3.56. The molecule has 4 aromatic rings. The molecule has 0 N–H and O–H groups in total. The van der Waals surface area contributed by atoms with Crippen LogP contribution < -0.4 is 4.90 Å². The van der Waals surface area contributed by atoms with Gasteiger partial charge in [0.15, 0.2) is 5.13 Å². The first kappa shape index (κ1) is 27.9. The van der Waals surface area contributed by atoms with Gasteiger partial charge in [-0.05, 0) is 50.8 Å². The molecular formula is C29H29F2N3O5S. The van der Waals surface area contributed by atoms with Crippen molar-refractivity contribution in [2.75, 3.05) is 24.6 Å². The zero-order valence-corrected chi connectivity index (χ0v) is 22.8. The monoisotopic (exact) mass is 569 g/mol. The Kier molecular flexibility index (Phi) is 8.81. The maximum atomic E-state index is 12.1. The van der Waals surface area contributed by atoms with Crippen LogP contribution >= 0.6 is 11.3 Å². The molecule has 210 valence electrons. The van der Waals surface area contributed by atoms with E-state index in [1.54, 1.807) is 17.4 Å². The fourth-order valence-electron chi connectivity index (χ4n) is 4.75. The Morgan fingerprint density at radius 1 is 1.07 bits per heavy atom. The van der Waals surface area contributed by atoms with Gasteiger partial charge in [0.2, 0.25) is 0 Å². The lowest BCUT2D eigenvalue weighted by Gasteiger charge is -2.31. The third kappa shape index (κ3) is 6.71. The zero-order valence-electron chi connectivity index (χ0n) is 22.0. The van der Waals surface area contributed by atoms with Gasteiger partial charge in [-0.2, -0.15) is 0 Å². The van der Waals surface area contributed by atoms with Crippen LogP contribution in [0.1, 0.15) is 60.2 Å². The summed E-state index contributed by atoms with van der Waals surface area (Å²) in [6.07, 6.45) is 1.57. The number of aromatic nitrogens is 2. The Morgan fingerprint density at radius 2 is 1.80 bits per heavy atom. The van der Waals surface area contributed by atoms with E-state index in [0.29, 0.717) is 24.7 Å². The number of thiazole rings is 1. The Labute approximate surface area is 233 Å². The van der Waals surface area contributed by atoms with Crippen LogP contribution in [0.2, 0.25) is 0 Å². The van der Waals surface area contributed by atoms with Gasteiger partial charge in [-0.25, -0.2) is 14.6 Å². The molecule has 1 saturated heterocycles. The van der Waals surface area contributed by atoms with Gasteiger partial charge >= 0.3 is 12.3 Å². The summed E-state index contributed by atoms with van der Waals surface area (Å²) < 4.78 is 37.7. The van der Waals surface area contributed by atoms with Crippen LogP contribution in [0.15, 0.2) is 53.1 Å². The summed E-state index contributed by atoms with van der Waals surface area (Å²) >= 11 is 1.62. The minimum absolute atomic E-state index is 0.191. The summed E-state index contributed by atoms with van der Waals surface area (Å²) in [5, 5.41) is 5.40. The van der Waals surface area contributed by atoms with Gasteiger partial charge in [-0.1, -0.05) is 46.8 Å². The number of piperidine rings is 1. The van der Waals surface area contributed by atoms with Crippen molar-refractivity contribution in [3.05, 3.63) is 65.4 Å². The molecule has 2 aliphatic rings. The van der Waals surface area contributed by atoms with Gasteiger partial charge in [0.1, 0.15) is 11.5 Å². The molecule has 1 aliphatic heterocycles. The minimum atomic E-state index is -2.83. The van der Waals surface area contributed by atoms with Crippen molar-refractivity contribution in [3.8, 4) is 11.3 Å². The second-order valence-electron chi connectivity index (χ2n) is 9.64.